The maximum Gasteiger partial charge on any atom is 0.319 e. The molecule has 102 valence electrons. The van der Waals surface area contributed by atoms with Crippen LogP contribution in [-0.4, -0.2) is 47.7 Å². The van der Waals surface area contributed by atoms with Gasteiger partial charge in [-0.3, -0.25) is 9.59 Å². The maximum atomic E-state index is 12.1. The van der Waals surface area contributed by atoms with E-state index in [1.807, 2.05) is 0 Å². The Bertz CT molecular complexity index is 349. The van der Waals surface area contributed by atoms with Crippen LogP contribution in [0.5, 0.6) is 0 Å². The van der Waals surface area contributed by atoms with Crippen LogP contribution in [-0.2, 0) is 14.3 Å². The topological polar surface area (TPSA) is 66.8 Å². The van der Waals surface area contributed by atoms with E-state index in [1.165, 1.54) is 0 Å². The first kappa shape index (κ1) is 13.3. The normalized spacial score (nSPS) is 25.5. The maximum absolute atomic E-state index is 12.1. The van der Waals surface area contributed by atoms with Crippen molar-refractivity contribution in [2.24, 2.45) is 11.3 Å². The van der Waals surface area contributed by atoms with Crippen molar-refractivity contribution in [2.75, 3.05) is 19.7 Å². The summed E-state index contributed by atoms with van der Waals surface area (Å²) in [4.78, 5) is 24.9. The van der Waals surface area contributed by atoms with E-state index in [-0.39, 0.29) is 12.0 Å². The highest BCUT2D eigenvalue weighted by atomic mass is 16.5. The number of likely N-dealkylation sites (tertiary alicyclic amines) is 1. The molecule has 0 unspecified atom stereocenters. The summed E-state index contributed by atoms with van der Waals surface area (Å²) in [6.07, 6.45) is 1.85. The highest BCUT2D eigenvalue weighted by molar-refractivity contribution is 6.04. The van der Waals surface area contributed by atoms with Gasteiger partial charge in [-0.05, 0) is 25.2 Å². The second kappa shape index (κ2) is 4.88. The molecule has 0 aromatic carbocycles. The van der Waals surface area contributed by atoms with Gasteiger partial charge in [-0.2, -0.15) is 0 Å². The minimum Gasteiger partial charge on any atom is -0.480 e. The fraction of sp³-hybridized carbons (Fsp3) is 0.846. The average Bonchev–Trinajstić information content (AvgIpc) is 2.99. The second-order valence-electron chi connectivity index (χ2n) is 5.78. The number of hydrogen-bond donors (Lipinski definition) is 1. The van der Waals surface area contributed by atoms with Crippen LogP contribution in [0.1, 0.15) is 33.1 Å². The first-order chi connectivity index (χ1) is 8.45. The summed E-state index contributed by atoms with van der Waals surface area (Å²) in [7, 11) is 0. The number of carbonyl (C=O) groups excluding carboxylic acids is 1. The minimum atomic E-state index is -1.10. The smallest absolute Gasteiger partial charge is 0.319 e. The molecule has 5 nitrogen and oxygen atoms in total. The fourth-order valence-corrected chi connectivity index (χ4v) is 2.32. The van der Waals surface area contributed by atoms with Crippen molar-refractivity contribution in [1.29, 1.82) is 0 Å². The van der Waals surface area contributed by atoms with Crippen LogP contribution in [0.3, 0.4) is 0 Å². The zero-order valence-electron chi connectivity index (χ0n) is 11.0. The molecule has 0 bridgehead atoms. The number of carboxylic acids is 1. The third-order valence-electron chi connectivity index (χ3n) is 3.67. The van der Waals surface area contributed by atoms with Gasteiger partial charge >= 0.3 is 5.97 Å². The molecule has 1 N–H and O–H groups in total. The van der Waals surface area contributed by atoms with E-state index in [4.69, 9.17) is 9.84 Å². The predicted molar refractivity (Wildman–Crippen MR) is 65.1 cm³/mol. The van der Waals surface area contributed by atoms with Gasteiger partial charge in [0.2, 0.25) is 5.91 Å². The van der Waals surface area contributed by atoms with Crippen molar-refractivity contribution in [1.82, 2.24) is 4.90 Å². The number of amides is 1. The number of nitrogens with zero attached hydrogens (tertiary/aromatic N) is 1. The van der Waals surface area contributed by atoms with Gasteiger partial charge < -0.3 is 14.7 Å². The van der Waals surface area contributed by atoms with Crippen LogP contribution in [0.15, 0.2) is 0 Å². The summed E-state index contributed by atoms with van der Waals surface area (Å²) in [6.45, 7) is 6.02. The predicted octanol–water partition coefficient (Wildman–Crippen LogP) is 1.12. The van der Waals surface area contributed by atoms with Crippen molar-refractivity contribution in [2.45, 2.75) is 39.2 Å². The van der Waals surface area contributed by atoms with Crippen molar-refractivity contribution in [3.63, 3.8) is 0 Å². The molecule has 0 radical (unpaired) electrons. The SMILES string of the molecule is CC(C)CO[C@@H]1CCN(C(=O)C2(C(=O)O)CC2)C1. The Morgan fingerprint density at radius 2 is 2.11 bits per heavy atom. The second-order valence-corrected chi connectivity index (χ2v) is 5.78. The standard InChI is InChI=1S/C13H21NO4/c1-9(2)8-18-10-3-6-14(7-10)11(15)13(4-5-13)12(16)17/h9-10H,3-8H2,1-2H3,(H,16,17)/t10-/m1/s1. The Balaban J connectivity index is 1.86. The molecule has 1 atom stereocenters. The number of carbonyl (C=O) groups is 2. The molecule has 1 amide bonds. The summed E-state index contributed by atoms with van der Waals surface area (Å²) in [5.41, 5.74) is -1.10. The molecule has 2 fully saturated rings. The van der Waals surface area contributed by atoms with Gasteiger partial charge in [0.25, 0.3) is 0 Å². The quantitative estimate of drug-likeness (QED) is 0.748. The van der Waals surface area contributed by atoms with Gasteiger partial charge in [0.05, 0.1) is 6.10 Å². The van der Waals surface area contributed by atoms with Gasteiger partial charge in [0.1, 0.15) is 5.41 Å². The van der Waals surface area contributed by atoms with Gasteiger partial charge in [-0.1, -0.05) is 13.8 Å². The summed E-state index contributed by atoms with van der Waals surface area (Å²) >= 11 is 0. The van der Waals surface area contributed by atoms with Crippen LogP contribution < -0.4 is 0 Å². The van der Waals surface area contributed by atoms with E-state index in [0.29, 0.717) is 38.5 Å². The number of ether oxygens (including phenoxy) is 1. The Hall–Kier alpha value is -1.10. The lowest BCUT2D eigenvalue weighted by Gasteiger charge is -2.20. The van der Waals surface area contributed by atoms with Gasteiger partial charge in [-0.25, -0.2) is 0 Å². The highest BCUT2D eigenvalue weighted by Crippen LogP contribution is 2.47. The lowest BCUT2D eigenvalue weighted by molar-refractivity contribution is -0.153. The Morgan fingerprint density at radius 3 is 2.61 bits per heavy atom. The summed E-state index contributed by atoms with van der Waals surface area (Å²) in [5, 5.41) is 9.10. The van der Waals surface area contributed by atoms with Crippen molar-refractivity contribution in [3.8, 4) is 0 Å². The zero-order valence-corrected chi connectivity index (χ0v) is 11.0. The van der Waals surface area contributed by atoms with Gasteiger partial charge in [0.15, 0.2) is 0 Å². The van der Waals surface area contributed by atoms with E-state index in [0.717, 1.165) is 6.42 Å². The number of rotatable bonds is 5. The highest BCUT2D eigenvalue weighted by Gasteiger charge is 2.59. The molecular formula is C13H21NO4. The summed E-state index contributed by atoms with van der Waals surface area (Å²) < 4.78 is 5.70. The number of aliphatic carboxylic acids is 1. The molecule has 5 heteroatoms. The molecule has 1 saturated carbocycles. The van der Waals surface area contributed by atoms with Crippen molar-refractivity contribution in [3.05, 3.63) is 0 Å². The molecule has 2 aliphatic rings. The van der Waals surface area contributed by atoms with E-state index < -0.39 is 11.4 Å². The third kappa shape index (κ3) is 2.51. The van der Waals surface area contributed by atoms with Crippen LogP contribution in [0, 0.1) is 11.3 Å². The van der Waals surface area contributed by atoms with Crippen LogP contribution in [0.4, 0.5) is 0 Å². The molecule has 18 heavy (non-hydrogen) atoms. The Morgan fingerprint density at radius 1 is 1.44 bits per heavy atom. The van der Waals surface area contributed by atoms with Crippen molar-refractivity contribution < 1.29 is 19.4 Å². The monoisotopic (exact) mass is 255 g/mol. The Labute approximate surface area is 107 Å². The van der Waals surface area contributed by atoms with Gasteiger partial charge in [-0.15, -0.1) is 0 Å². The molecule has 1 saturated heterocycles. The summed E-state index contributed by atoms with van der Waals surface area (Å²) in [5.74, 6) is -0.715. The number of hydrogen-bond acceptors (Lipinski definition) is 3. The van der Waals surface area contributed by atoms with E-state index in [9.17, 15) is 9.59 Å². The van der Waals surface area contributed by atoms with E-state index in [1.54, 1.807) is 4.90 Å². The Kier molecular flexibility index (Phi) is 3.61. The molecule has 2 rings (SSSR count). The molecule has 1 aliphatic carbocycles. The lowest BCUT2D eigenvalue weighted by atomic mass is 10.1. The third-order valence-corrected chi connectivity index (χ3v) is 3.67. The molecule has 1 heterocycles. The van der Waals surface area contributed by atoms with Crippen molar-refractivity contribution >= 4 is 11.9 Å². The first-order valence-corrected chi connectivity index (χ1v) is 6.60. The average molecular weight is 255 g/mol. The molecule has 0 aromatic rings. The molecule has 0 spiro atoms. The van der Waals surface area contributed by atoms with Crippen LogP contribution in [0.25, 0.3) is 0 Å². The summed E-state index contributed by atoms with van der Waals surface area (Å²) in [6, 6.07) is 0. The molecular weight excluding hydrogens is 234 g/mol. The van der Waals surface area contributed by atoms with Crippen LogP contribution in [0.2, 0.25) is 0 Å². The minimum absolute atomic E-state index is 0.0703. The fourth-order valence-electron chi connectivity index (χ4n) is 2.32. The molecule has 0 aromatic heterocycles. The van der Waals surface area contributed by atoms with Crippen LogP contribution >= 0.6 is 0 Å². The van der Waals surface area contributed by atoms with E-state index >= 15 is 0 Å². The van der Waals surface area contributed by atoms with E-state index in [2.05, 4.69) is 13.8 Å². The first-order valence-electron chi connectivity index (χ1n) is 6.60. The lowest BCUT2D eigenvalue weighted by Crippen LogP contribution is -2.40. The largest absolute Gasteiger partial charge is 0.480 e. The van der Waals surface area contributed by atoms with Gasteiger partial charge in [0, 0.05) is 19.7 Å². The zero-order chi connectivity index (χ0) is 13.3. The molecule has 1 aliphatic heterocycles. The number of carboxylic acid groups (broad SMARTS) is 1.